The first-order chi connectivity index (χ1) is 8.75. The monoisotopic (exact) mass is 251 g/mol. The van der Waals surface area contributed by atoms with E-state index in [0.717, 1.165) is 50.8 Å². The molecule has 1 aliphatic heterocycles. The van der Waals surface area contributed by atoms with Gasteiger partial charge < -0.3 is 9.64 Å². The molecular weight excluding hydrogens is 226 g/mol. The number of carbonyl (C=O) groups is 1. The van der Waals surface area contributed by atoms with Crippen LogP contribution in [0, 0.1) is 17.3 Å². The number of amides is 1. The van der Waals surface area contributed by atoms with E-state index in [-0.39, 0.29) is 5.41 Å². The molecule has 18 heavy (non-hydrogen) atoms. The Labute approximate surface area is 110 Å². The van der Waals surface area contributed by atoms with Crippen LogP contribution in [0.15, 0.2) is 0 Å². The van der Waals surface area contributed by atoms with Crippen LogP contribution in [0.25, 0.3) is 0 Å². The second kappa shape index (κ2) is 4.84. The molecule has 3 heteroatoms. The smallest absolute Gasteiger partial charge is 0.228 e. The summed E-state index contributed by atoms with van der Waals surface area (Å²) in [5, 5.41) is 0. The van der Waals surface area contributed by atoms with Gasteiger partial charge >= 0.3 is 0 Å². The van der Waals surface area contributed by atoms with Crippen molar-refractivity contribution in [2.45, 2.75) is 44.9 Å². The number of ether oxygens (including phenoxy) is 1. The summed E-state index contributed by atoms with van der Waals surface area (Å²) in [7, 11) is 1.73. The van der Waals surface area contributed by atoms with Gasteiger partial charge in [-0.25, -0.2) is 0 Å². The number of nitrogens with zero attached hydrogens (tertiary/aromatic N) is 1. The molecular formula is C15H25NO2. The number of hydrogen-bond acceptors (Lipinski definition) is 2. The Bertz CT molecular complexity index is 312. The molecule has 0 aromatic carbocycles. The zero-order valence-corrected chi connectivity index (χ0v) is 11.5. The van der Waals surface area contributed by atoms with E-state index < -0.39 is 0 Å². The van der Waals surface area contributed by atoms with Crippen molar-refractivity contribution in [1.82, 2.24) is 4.90 Å². The highest BCUT2D eigenvalue weighted by atomic mass is 16.5. The van der Waals surface area contributed by atoms with Crippen molar-refractivity contribution in [3.05, 3.63) is 0 Å². The average Bonchev–Trinajstić information content (AvgIpc) is 2.87. The highest BCUT2D eigenvalue weighted by molar-refractivity contribution is 5.84. The molecule has 1 saturated heterocycles. The van der Waals surface area contributed by atoms with Gasteiger partial charge in [0, 0.05) is 26.8 Å². The van der Waals surface area contributed by atoms with Crippen molar-refractivity contribution in [2.24, 2.45) is 17.3 Å². The minimum Gasteiger partial charge on any atom is -0.385 e. The Morgan fingerprint density at radius 2 is 1.89 bits per heavy atom. The van der Waals surface area contributed by atoms with Crippen LogP contribution in [0.4, 0.5) is 0 Å². The third-order valence-corrected chi connectivity index (χ3v) is 5.56. The van der Waals surface area contributed by atoms with E-state index >= 15 is 0 Å². The average molecular weight is 251 g/mol. The Morgan fingerprint density at radius 3 is 2.39 bits per heavy atom. The van der Waals surface area contributed by atoms with Gasteiger partial charge in [0.15, 0.2) is 0 Å². The van der Waals surface area contributed by atoms with Gasteiger partial charge in [-0.15, -0.1) is 0 Å². The minimum atomic E-state index is -0.0470. The predicted molar refractivity (Wildman–Crippen MR) is 70.2 cm³/mol. The molecule has 0 radical (unpaired) electrons. The molecule has 0 unspecified atom stereocenters. The molecule has 1 amide bonds. The van der Waals surface area contributed by atoms with Crippen LogP contribution in [-0.4, -0.2) is 37.6 Å². The molecule has 2 atom stereocenters. The van der Waals surface area contributed by atoms with Gasteiger partial charge in [0.2, 0.25) is 5.91 Å². The van der Waals surface area contributed by atoms with Crippen molar-refractivity contribution in [3.63, 3.8) is 0 Å². The van der Waals surface area contributed by atoms with Crippen molar-refractivity contribution >= 4 is 5.91 Å². The minimum absolute atomic E-state index is 0.0470. The maximum Gasteiger partial charge on any atom is 0.228 e. The first kappa shape index (κ1) is 12.5. The fourth-order valence-electron chi connectivity index (χ4n) is 4.21. The van der Waals surface area contributed by atoms with Gasteiger partial charge in [0.25, 0.3) is 0 Å². The standard InChI is InChI=1S/C15H25NO2/c1-18-9-8-15(6-3-7-15)14(17)16-10-12-4-2-5-13(12)11-16/h12-13H,2-11H2,1H3/t12-,13-/m0/s1. The lowest BCUT2D eigenvalue weighted by atomic mass is 9.66. The maximum absolute atomic E-state index is 12.8. The Kier molecular flexibility index (Phi) is 3.35. The molecule has 1 heterocycles. The summed E-state index contributed by atoms with van der Waals surface area (Å²) in [4.78, 5) is 14.9. The number of fused-ring (bicyclic) bond motifs is 1. The first-order valence-corrected chi connectivity index (χ1v) is 7.53. The van der Waals surface area contributed by atoms with Gasteiger partial charge in [-0.2, -0.15) is 0 Å². The molecule has 0 aromatic rings. The molecule has 3 aliphatic rings. The lowest BCUT2D eigenvalue weighted by molar-refractivity contribution is -0.148. The summed E-state index contributed by atoms with van der Waals surface area (Å²) in [5.41, 5.74) is -0.0470. The van der Waals surface area contributed by atoms with Gasteiger partial charge in [0.1, 0.15) is 0 Å². The second-order valence-electron chi connectivity index (χ2n) is 6.54. The van der Waals surface area contributed by atoms with E-state index in [1.54, 1.807) is 7.11 Å². The molecule has 2 saturated carbocycles. The van der Waals surface area contributed by atoms with Crippen LogP contribution in [0.1, 0.15) is 44.9 Å². The summed E-state index contributed by atoms with van der Waals surface area (Å²) >= 11 is 0. The van der Waals surface area contributed by atoms with Gasteiger partial charge in [0.05, 0.1) is 5.41 Å². The van der Waals surface area contributed by atoms with Crippen molar-refractivity contribution in [3.8, 4) is 0 Å². The largest absolute Gasteiger partial charge is 0.385 e. The van der Waals surface area contributed by atoms with Crippen LogP contribution in [0.3, 0.4) is 0 Å². The Hall–Kier alpha value is -0.570. The summed E-state index contributed by atoms with van der Waals surface area (Å²) in [6.45, 7) is 2.81. The van der Waals surface area contributed by atoms with E-state index in [1.165, 1.54) is 25.7 Å². The Morgan fingerprint density at radius 1 is 1.22 bits per heavy atom. The fourth-order valence-corrected chi connectivity index (χ4v) is 4.21. The van der Waals surface area contributed by atoms with Gasteiger partial charge in [-0.3, -0.25) is 4.79 Å². The third-order valence-electron chi connectivity index (χ3n) is 5.56. The zero-order chi connectivity index (χ0) is 12.6. The second-order valence-corrected chi connectivity index (χ2v) is 6.54. The van der Waals surface area contributed by atoms with E-state index in [0.29, 0.717) is 5.91 Å². The molecule has 102 valence electrons. The van der Waals surface area contributed by atoms with Crippen molar-refractivity contribution < 1.29 is 9.53 Å². The highest BCUT2D eigenvalue weighted by Crippen LogP contribution is 2.47. The van der Waals surface area contributed by atoms with Crippen molar-refractivity contribution in [1.29, 1.82) is 0 Å². The summed E-state index contributed by atoms with van der Waals surface area (Å²) in [6, 6.07) is 0. The third kappa shape index (κ3) is 1.97. The molecule has 0 spiro atoms. The van der Waals surface area contributed by atoms with Crippen LogP contribution < -0.4 is 0 Å². The van der Waals surface area contributed by atoms with E-state index in [9.17, 15) is 4.79 Å². The van der Waals surface area contributed by atoms with E-state index in [1.807, 2.05) is 0 Å². The zero-order valence-electron chi connectivity index (χ0n) is 11.5. The van der Waals surface area contributed by atoms with Gasteiger partial charge in [-0.05, 0) is 43.9 Å². The quantitative estimate of drug-likeness (QED) is 0.768. The van der Waals surface area contributed by atoms with Crippen LogP contribution >= 0.6 is 0 Å². The van der Waals surface area contributed by atoms with Crippen LogP contribution in [-0.2, 0) is 9.53 Å². The SMILES string of the molecule is COCCC1(C(=O)N2C[C@@H]3CCC[C@H]3C2)CCC1. The molecule has 3 nitrogen and oxygen atoms in total. The topological polar surface area (TPSA) is 29.5 Å². The lowest BCUT2D eigenvalue weighted by Gasteiger charge is -2.43. The molecule has 0 bridgehead atoms. The number of methoxy groups -OCH3 is 1. The lowest BCUT2D eigenvalue weighted by Crippen LogP contribution is -2.48. The number of carbonyl (C=O) groups excluding carboxylic acids is 1. The van der Waals surface area contributed by atoms with E-state index in [4.69, 9.17) is 4.74 Å². The highest BCUT2D eigenvalue weighted by Gasteiger charge is 2.48. The molecule has 2 aliphatic carbocycles. The van der Waals surface area contributed by atoms with Crippen LogP contribution in [0.5, 0.6) is 0 Å². The van der Waals surface area contributed by atoms with Crippen LogP contribution in [0.2, 0.25) is 0 Å². The maximum atomic E-state index is 12.8. The fraction of sp³-hybridized carbons (Fsp3) is 0.933. The van der Waals surface area contributed by atoms with E-state index in [2.05, 4.69) is 4.90 Å². The molecule has 3 rings (SSSR count). The number of likely N-dealkylation sites (tertiary alicyclic amines) is 1. The summed E-state index contributed by atoms with van der Waals surface area (Å²) in [5.74, 6) is 2.07. The van der Waals surface area contributed by atoms with Crippen molar-refractivity contribution in [2.75, 3.05) is 26.8 Å². The first-order valence-electron chi connectivity index (χ1n) is 7.53. The number of hydrogen-bond donors (Lipinski definition) is 0. The summed E-state index contributed by atoms with van der Waals surface area (Å²) in [6.07, 6.45) is 8.39. The summed E-state index contributed by atoms with van der Waals surface area (Å²) < 4.78 is 5.19. The normalized spacial score (nSPS) is 33.3. The predicted octanol–water partition coefficient (Wildman–Crippen LogP) is 2.45. The van der Waals surface area contributed by atoms with Gasteiger partial charge in [-0.1, -0.05) is 12.8 Å². The molecule has 0 aromatic heterocycles. The molecule has 3 fully saturated rings. The molecule has 0 N–H and O–H groups in total. The Balaban J connectivity index is 1.63. The number of rotatable bonds is 4.